The van der Waals surface area contributed by atoms with Crippen molar-refractivity contribution in [1.82, 2.24) is 5.32 Å². The van der Waals surface area contributed by atoms with Crippen molar-refractivity contribution in [2.45, 2.75) is 31.6 Å². The Morgan fingerprint density at radius 2 is 2.35 bits per heavy atom. The standard InChI is InChI=1S/C13H17ClFNS/c1-2-6-16-12-5-7-17-8-9-11(15)4-3-10(14)13(9)12/h3-4,12,16H,2,5-8H2,1H3. The lowest BCUT2D eigenvalue weighted by Crippen LogP contribution is -2.23. The predicted molar refractivity (Wildman–Crippen MR) is 73.2 cm³/mol. The quantitative estimate of drug-likeness (QED) is 0.888. The van der Waals surface area contributed by atoms with Crippen LogP contribution in [0.15, 0.2) is 12.1 Å². The largest absolute Gasteiger partial charge is 0.310 e. The fraction of sp³-hybridized carbons (Fsp3) is 0.538. The fourth-order valence-electron chi connectivity index (χ4n) is 2.18. The van der Waals surface area contributed by atoms with Crippen molar-refractivity contribution in [3.63, 3.8) is 0 Å². The molecule has 0 amide bonds. The van der Waals surface area contributed by atoms with Gasteiger partial charge in [0.25, 0.3) is 0 Å². The molecule has 0 fully saturated rings. The van der Waals surface area contributed by atoms with Gasteiger partial charge in [0.2, 0.25) is 0 Å². The second-order valence-electron chi connectivity index (χ2n) is 4.27. The third-order valence-corrected chi connectivity index (χ3v) is 4.38. The molecule has 1 unspecified atom stereocenters. The van der Waals surface area contributed by atoms with Crippen molar-refractivity contribution in [2.24, 2.45) is 0 Å². The number of fused-ring (bicyclic) bond motifs is 1. The van der Waals surface area contributed by atoms with E-state index >= 15 is 0 Å². The fourth-order valence-corrected chi connectivity index (χ4v) is 3.53. The van der Waals surface area contributed by atoms with E-state index in [2.05, 4.69) is 12.2 Å². The Balaban J connectivity index is 2.36. The molecule has 17 heavy (non-hydrogen) atoms. The zero-order valence-electron chi connectivity index (χ0n) is 9.93. The van der Waals surface area contributed by atoms with Crippen molar-refractivity contribution >= 4 is 23.4 Å². The molecule has 0 spiro atoms. The topological polar surface area (TPSA) is 12.0 Å². The maximum absolute atomic E-state index is 13.8. The number of benzene rings is 1. The van der Waals surface area contributed by atoms with Gasteiger partial charge in [-0.25, -0.2) is 4.39 Å². The Kier molecular flexibility index (Phi) is 4.71. The van der Waals surface area contributed by atoms with Crippen molar-refractivity contribution in [1.29, 1.82) is 0 Å². The van der Waals surface area contributed by atoms with E-state index in [4.69, 9.17) is 11.6 Å². The summed E-state index contributed by atoms with van der Waals surface area (Å²) in [6.45, 7) is 3.08. The van der Waals surface area contributed by atoms with Gasteiger partial charge in [0.1, 0.15) is 5.82 Å². The molecule has 0 aliphatic carbocycles. The zero-order chi connectivity index (χ0) is 12.3. The number of nitrogens with one attached hydrogen (secondary N) is 1. The van der Waals surface area contributed by atoms with Crippen LogP contribution in [0.3, 0.4) is 0 Å². The lowest BCUT2D eigenvalue weighted by atomic mass is 9.98. The molecule has 0 saturated carbocycles. The van der Waals surface area contributed by atoms with E-state index in [9.17, 15) is 4.39 Å². The number of halogens is 2. The Morgan fingerprint density at radius 1 is 1.53 bits per heavy atom. The third-order valence-electron chi connectivity index (χ3n) is 3.03. The molecule has 1 aliphatic rings. The summed E-state index contributed by atoms with van der Waals surface area (Å²) in [6, 6.07) is 3.35. The van der Waals surface area contributed by atoms with E-state index in [1.807, 2.05) is 0 Å². The number of rotatable bonds is 3. The molecule has 2 rings (SSSR count). The van der Waals surface area contributed by atoms with Crippen molar-refractivity contribution in [3.8, 4) is 0 Å². The number of hydrogen-bond donors (Lipinski definition) is 1. The first-order valence-electron chi connectivity index (χ1n) is 6.02. The monoisotopic (exact) mass is 273 g/mol. The molecular formula is C13H17ClFNS. The molecule has 1 atom stereocenters. The van der Waals surface area contributed by atoms with Gasteiger partial charge < -0.3 is 5.32 Å². The van der Waals surface area contributed by atoms with Crippen molar-refractivity contribution in [3.05, 3.63) is 34.1 Å². The smallest absolute Gasteiger partial charge is 0.127 e. The summed E-state index contributed by atoms with van der Waals surface area (Å²) in [5, 5.41) is 4.16. The molecule has 1 N–H and O–H groups in total. The van der Waals surface area contributed by atoms with E-state index in [0.717, 1.165) is 42.0 Å². The molecule has 0 radical (unpaired) electrons. The predicted octanol–water partition coefficient (Wildman–Crippen LogP) is 4.16. The van der Waals surface area contributed by atoms with E-state index in [1.54, 1.807) is 17.8 Å². The first-order chi connectivity index (χ1) is 8.24. The van der Waals surface area contributed by atoms with Crippen LogP contribution in [0.1, 0.15) is 36.9 Å². The van der Waals surface area contributed by atoms with Gasteiger partial charge in [-0.05, 0) is 42.8 Å². The second-order valence-corrected chi connectivity index (χ2v) is 5.78. The van der Waals surface area contributed by atoms with Crippen LogP contribution in [0.2, 0.25) is 5.02 Å². The molecule has 94 valence electrons. The first kappa shape index (κ1) is 13.2. The normalized spacial score (nSPS) is 19.8. The highest BCUT2D eigenvalue weighted by Gasteiger charge is 2.23. The van der Waals surface area contributed by atoms with Gasteiger partial charge >= 0.3 is 0 Å². The molecule has 1 heterocycles. The highest BCUT2D eigenvalue weighted by atomic mass is 35.5. The average molecular weight is 274 g/mol. The lowest BCUT2D eigenvalue weighted by Gasteiger charge is -2.20. The Bertz CT molecular complexity index is 397. The lowest BCUT2D eigenvalue weighted by molar-refractivity contribution is 0.516. The van der Waals surface area contributed by atoms with Gasteiger partial charge in [-0.1, -0.05) is 18.5 Å². The summed E-state index contributed by atoms with van der Waals surface area (Å²) in [5.41, 5.74) is 1.76. The molecule has 1 aliphatic heterocycles. The summed E-state index contributed by atoms with van der Waals surface area (Å²) in [7, 11) is 0. The highest BCUT2D eigenvalue weighted by molar-refractivity contribution is 7.98. The van der Waals surface area contributed by atoms with Crippen molar-refractivity contribution < 1.29 is 4.39 Å². The first-order valence-corrected chi connectivity index (χ1v) is 7.55. The van der Waals surface area contributed by atoms with Crippen molar-refractivity contribution in [2.75, 3.05) is 12.3 Å². The maximum Gasteiger partial charge on any atom is 0.127 e. The van der Waals surface area contributed by atoms with Crippen LogP contribution in [-0.2, 0) is 5.75 Å². The minimum absolute atomic E-state index is 0.123. The summed E-state index contributed by atoms with van der Waals surface area (Å²) in [4.78, 5) is 0. The Morgan fingerprint density at radius 3 is 3.12 bits per heavy atom. The zero-order valence-corrected chi connectivity index (χ0v) is 11.5. The van der Waals surface area contributed by atoms with Crippen LogP contribution in [0.25, 0.3) is 0 Å². The van der Waals surface area contributed by atoms with Crippen LogP contribution in [0, 0.1) is 5.82 Å². The van der Waals surface area contributed by atoms with Gasteiger partial charge in [-0.15, -0.1) is 0 Å². The molecule has 1 aromatic carbocycles. The van der Waals surface area contributed by atoms with Crippen LogP contribution < -0.4 is 5.32 Å². The van der Waals surface area contributed by atoms with Gasteiger partial charge in [-0.2, -0.15) is 11.8 Å². The summed E-state index contributed by atoms with van der Waals surface area (Å²) in [5.74, 6) is 1.65. The van der Waals surface area contributed by atoms with Crippen LogP contribution >= 0.6 is 23.4 Å². The third kappa shape index (κ3) is 2.95. The van der Waals surface area contributed by atoms with Gasteiger partial charge in [0, 0.05) is 22.4 Å². The van der Waals surface area contributed by atoms with Crippen LogP contribution in [0.5, 0.6) is 0 Å². The van der Waals surface area contributed by atoms with Gasteiger partial charge in [0.15, 0.2) is 0 Å². The van der Waals surface area contributed by atoms with E-state index in [0.29, 0.717) is 5.02 Å². The molecule has 0 bridgehead atoms. The van der Waals surface area contributed by atoms with Gasteiger partial charge in [-0.3, -0.25) is 0 Å². The SMILES string of the molecule is CCCNC1CCSCc2c(F)ccc(Cl)c21. The Hall–Kier alpha value is -0.250. The number of thioether (sulfide) groups is 1. The molecule has 1 nitrogen and oxygen atoms in total. The summed E-state index contributed by atoms with van der Waals surface area (Å²) >= 11 is 8.02. The summed E-state index contributed by atoms with van der Waals surface area (Å²) in [6.07, 6.45) is 2.09. The van der Waals surface area contributed by atoms with E-state index < -0.39 is 0 Å². The van der Waals surface area contributed by atoms with E-state index in [1.165, 1.54) is 6.07 Å². The van der Waals surface area contributed by atoms with Crippen LogP contribution in [-0.4, -0.2) is 12.3 Å². The summed E-state index contributed by atoms with van der Waals surface area (Å²) < 4.78 is 13.8. The molecular weight excluding hydrogens is 257 g/mol. The maximum atomic E-state index is 13.8. The highest BCUT2D eigenvalue weighted by Crippen LogP contribution is 2.36. The Labute approximate surface area is 111 Å². The molecule has 4 heteroatoms. The molecule has 0 aromatic heterocycles. The van der Waals surface area contributed by atoms with Gasteiger partial charge in [0.05, 0.1) is 0 Å². The minimum Gasteiger partial charge on any atom is -0.310 e. The van der Waals surface area contributed by atoms with E-state index in [-0.39, 0.29) is 11.9 Å². The number of hydrogen-bond acceptors (Lipinski definition) is 2. The minimum atomic E-state index is -0.123. The molecule has 1 aromatic rings. The molecule has 0 saturated heterocycles. The average Bonchev–Trinajstić information content (AvgIpc) is 2.54. The van der Waals surface area contributed by atoms with Crippen LogP contribution in [0.4, 0.5) is 4.39 Å². The second kappa shape index (κ2) is 6.07.